The van der Waals surface area contributed by atoms with Crippen molar-refractivity contribution in [1.82, 2.24) is 15.1 Å². The number of hydrogen-bond donors (Lipinski definition) is 1. The Morgan fingerprint density at radius 3 is 2.50 bits per heavy atom. The van der Waals surface area contributed by atoms with Gasteiger partial charge in [0, 0.05) is 38.8 Å². The topological polar surface area (TPSA) is 35.6 Å². The second-order valence-electron chi connectivity index (χ2n) is 6.01. The second kappa shape index (κ2) is 5.47. The Morgan fingerprint density at radius 1 is 0.944 bits per heavy atom. The number of carbonyl (C=O) groups is 1. The molecule has 0 aromatic carbocycles. The summed E-state index contributed by atoms with van der Waals surface area (Å²) in [6, 6.07) is 0.782. The molecule has 0 saturated carbocycles. The SMILES string of the molecule is O=C(N1CCCCCC1)N1CCC[C@H]2CNC[C@H]21. The fraction of sp³-hybridized carbons (Fsp3) is 0.929. The summed E-state index contributed by atoms with van der Waals surface area (Å²) in [5.74, 6) is 0.703. The molecule has 18 heavy (non-hydrogen) atoms. The van der Waals surface area contributed by atoms with Crippen LogP contribution in [-0.2, 0) is 0 Å². The van der Waals surface area contributed by atoms with Crippen LogP contribution >= 0.6 is 0 Å². The van der Waals surface area contributed by atoms with Crippen molar-refractivity contribution in [1.29, 1.82) is 0 Å². The molecule has 3 rings (SSSR count). The quantitative estimate of drug-likeness (QED) is 0.711. The van der Waals surface area contributed by atoms with E-state index in [1.54, 1.807) is 0 Å². The maximum atomic E-state index is 12.7. The Labute approximate surface area is 110 Å². The van der Waals surface area contributed by atoms with Gasteiger partial charge in [-0.25, -0.2) is 4.79 Å². The third-order valence-electron chi connectivity index (χ3n) is 4.80. The van der Waals surface area contributed by atoms with E-state index >= 15 is 0 Å². The van der Waals surface area contributed by atoms with Crippen LogP contribution < -0.4 is 5.32 Å². The van der Waals surface area contributed by atoms with Crippen molar-refractivity contribution in [2.45, 2.75) is 44.6 Å². The number of urea groups is 1. The van der Waals surface area contributed by atoms with Crippen molar-refractivity contribution in [2.75, 3.05) is 32.7 Å². The zero-order valence-electron chi connectivity index (χ0n) is 11.2. The highest BCUT2D eigenvalue weighted by Gasteiger charge is 2.38. The van der Waals surface area contributed by atoms with Crippen molar-refractivity contribution in [2.24, 2.45) is 5.92 Å². The molecule has 3 aliphatic heterocycles. The van der Waals surface area contributed by atoms with Gasteiger partial charge in [0.25, 0.3) is 0 Å². The van der Waals surface area contributed by atoms with E-state index in [9.17, 15) is 4.79 Å². The van der Waals surface area contributed by atoms with E-state index in [0.717, 1.165) is 32.7 Å². The van der Waals surface area contributed by atoms with Gasteiger partial charge >= 0.3 is 6.03 Å². The lowest BCUT2D eigenvalue weighted by Crippen LogP contribution is -2.53. The van der Waals surface area contributed by atoms with E-state index in [4.69, 9.17) is 0 Å². The number of nitrogens with one attached hydrogen (secondary N) is 1. The van der Waals surface area contributed by atoms with Crippen molar-refractivity contribution >= 4 is 6.03 Å². The fourth-order valence-corrected chi connectivity index (χ4v) is 3.75. The molecule has 4 nitrogen and oxygen atoms in total. The molecule has 0 radical (unpaired) electrons. The maximum absolute atomic E-state index is 12.7. The average molecular weight is 251 g/mol. The highest BCUT2D eigenvalue weighted by molar-refractivity contribution is 5.75. The number of carbonyl (C=O) groups excluding carboxylic acids is 1. The first-order chi connectivity index (χ1) is 8.86. The summed E-state index contributed by atoms with van der Waals surface area (Å²) < 4.78 is 0. The predicted octanol–water partition coefficient (Wildman–Crippen LogP) is 1.67. The van der Waals surface area contributed by atoms with Crippen LogP contribution in [0.25, 0.3) is 0 Å². The first-order valence-corrected chi connectivity index (χ1v) is 7.62. The Morgan fingerprint density at radius 2 is 1.72 bits per heavy atom. The minimum absolute atomic E-state index is 0.315. The van der Waals surface area contributed by atoms with Crippen LogP contribution in [0.15, 0.2) is 0 Å². The van der Waals surface area contributed by atoms with Crippen molar-refractivity contribution in [3.63, 3.8) is 0 Å². The normalized spacial score (nSPS) is 33.1. The van der Waals surface area contributed by atoms with Gasteiger partial charge in [-0.15, -0.1) is 0 Å². The van der Waals surface area contributed by atoms with Crippen LogP contribution in [0.1, 0.15) is 38.5 Å². The van der Waals surface area contributed by atoms with Crippen LogP contribution in [0, 0.1) is 5.92 Å². The molecule has 0 spiro atoms. The molecule has 3 aliphatic rings. The van der Waals surface area contributed by atoms with E-state index in [-0.39, 0.29) is 0 Å². The smallest absolute Gasteiger partial charge is 0.320 e. The van der Waals surface area contributed by atoms with Gasteiger partial charge in [-0.1, -0.05) is 12.8 Å². The van der Waals surface area contributed by atoms with Gasteiger partial charge in [0.05, 0.1) is 0 Å². The molecule has 3 fully saturated rings. The lowest BCUT2D eigenvalue weighted by Gasteiger charge is -2.39. The summed E-state index contributed by atoms with van der Waals surface area (Å²) in [6.07, 6.45) is 7.43. The van der Waals surface area contributed by atoms with Crippen LogP contribution in [0.3, 0.4) is 0 Å². The Bertz CT molecular complexity index is 299. The zero-order valence-corrected chi connectivity index (χ0v) is 11.2. The molecule has 0 aliphatic carbocycles. The minimum atomic E-state index is 0.315. The summed E-state index contributed by atoms with van der Waals surface area (Å²) in [5.41, 5.74) is 0. The molecule has 0 bridgehead atoms. The Hall–Kier alpha value is -0.770. The number of piperidine rings is 1. The summed E-state index contributed by atoms with van der Waals surface area (Å²) in [5, 5.41) is 3.45. The number of fused-ring (bicyclic) bond motifs is 1. The van der Waals surface area contributed by atoms with Crippen LogP contribution in [0.5, 0.6) is 0 Å². The average Bonchev–Trinajstić information content (AvgIpc) is 2.71. The molecule has 0 aromatic rings. The van der Waals surface area contributed by atoms with Crippen molar-refractivity contribution < 1.29 is 4.79 Å². The highest BCUT2D eigenvalue weighted by atomic mass is 16.2. The predicted molar refractivity (Wildman–Crippen MR) is 71.5 cm³/mol. The number of likely N-dealkylation sites (tertiary alicyclic amines) is 2. The van der Waals surface area contributed by atoms with Gasteiger partial charge < -0.3 is 15.1 Å². The molecule has 1 N–H and O–H groups in total. The summed E-state index contributed by atoms with van der Waals surface area (Å²) >= 11 is 0. The standard InChI is InChI=1S/C14H25N3O/c18-14(16-7-3-1-2-4-8-16)17-9-5-6-12-10-15-11-13(12)17/h12-13,15H,1-11H2/t12-,13+/m0/s1. The number of rotatable bonds is 0. The van der Waals surface area contributed by atoms with Crippen LogP contribution in [0.2, 0.25) is 0 Å². The molecule has 0 aromatic heterocycles. The zero-order chi connectivity index (χ0) is 12.4. The first kappa shape index (κ1) is 12.3. The van der Waals surface area contributed by atoms with Gasteiger partial charge in [0.1, 0.15) is 0 Å². The molecular weight excluding hydrogens is 226 g/mol. The third kappa shape index (κ3) is 2.35. The van der Waals surface area contributed by atoms with E-state index in [1.165, 1.54) is 38.5 Å². The van der Waals surface area contributed by atoms with Crippen LogP contribution in [0.4, 0.5) is 4.79 Å². The lowest BCUT2D eigenvalue weighted by atomic mass is 9.92. The van der Waals surface area contributed by atoms with E-state index in [0.29, 0.717) is 18.0 Å². The molecule has 2 amide bonds. The van der Waals surface area contributed by atoms with Crippen LogP contribution in [-0.4, -0.2) is 54.6 Å². The number of amides is 2. The van der Waals surface area contributed by atoms with E-state index in [1.807, 2.05) is 0 Å². The third-order valence-corrected chi connectivity index (χ3v) is 4.80. The Balaban J connectivity index is 1.66. The van der Waals surface area contributed by atoms with Gasteiger partial charge in [0.2, 0.25) is 0 Å². The van der Waals surface area contributed by atoms with Gasteiger partial charge in [-0.2, -0.15) is 0 Å². The summed E-state index contributed by atoms with van der Waals surface area (Å²) in [7, 11) is 0. The summed E-state index contributed by atoms with van der Waals surface area (Å²) in [6.45, 7) is 5.02. The first-order valence-electron chi connectivity index (χ1n) is 7.62. The summed E-state index contributed by atoms with van der Waals surface area (Å²) in [4.78, 5) is 16.9. The molecule has 3 heterocycles. The van der Waals surface area contributed by atoms with E-state index < -0.39 is 0 Å². The highest BCUT2D eigenvalue weighted by Crippen LogP contribution is 2.27. The molecule has 2 atom stereocenters. The Kier molecular flexibility index (Phi) is 3.73. The van der Waals surface area contributed by atoms with Gasteiger partial charge in [-0.05, 0) is 31.6 Å². The lowest BCUT2D eigenvalue weighted by molar-refractivity contribution is 0.105. The second-order valence-corrected chi connectivity index (χ2v) is 6.01. The fourth-order valence-electron chi connectivity index (χ4n) is 3.75. The molecule has 102 valence electrons. The van der Waals surface area contributed by atoms with E-state index in [2.05, 4.69) is 15.1 Å². The molecule has 4 heteroatoms. The number of nitrogens with zero attached hydrogens (tertiary/aromatic N) is 2. The molecule has 3 saturated heterocycles. The van der Waals surface area contributed by atoms with Gasteiger partial charge in [0.15, 0.2) is 0 Å². The minimum Gasteiger partial charge on any atom is -0.325 e. The monoisotopic (exact) mass is 251 g/mol. The maximum Gasteiger partial charge on any atom is 0.320 e. The largest absolute Gasteiger partial charge is 0.325 e. The number of hydrogen-bond acceptors (Lipinski definition) is 2. The van der Waals surface area contributed by atoms with Gasteiger partial charge in [-0.3, -0.25) is 0 Å². The van der Waals surface area contributed by atoms with Crippen molar-refractivity contribution in [3.05, 3.63) is 0 Å². The molecule has 0 unspecified atom stereocenters. The van der Waals surface area contributed by atoms with Crippen molar-refractivity contribution in [3.8, 4) is 0 Å². The molecular formula is C14H25N3O.